The highest BCUT2D eigenvalue weighted by atomic mass is 32.2. The van der Waals surface area contributed by atoms with Crippen molar-refractivity contribution in [3.63, 3.8) is 0 Å². The summed E-state index contributed by atoms with van der Waals surface area (Å²) in [6, 6.07) is 3.88. The molecule has 0 fully saturated rings. The van der Waals surface area contributed by atoms with E-state index in [0.29, 0.717) is 13.1 Å². The Bertz CT molecular complexity index is 429. The molecule has 0 aromatic carbocycles. The van der Waals surface area contributed by atoms with Gasteiger partial charge in [0.25, 0.3) is 0 Å². The first kappa shape index (κ1) is 13.1. The Kier molecular flexibility index (Phi) is 4.89. The normalized spacial score (nSPS) is 11.6. The van der Waals surface area contributed by atoms with Gasteiger partial charge in [-0.2, -0.15) is 0 Å². The van der Waals surface area contributed by atoms with Gasteiger partial charge in [0.05, 0.1) is 11.4 Å². The molecule has 0 unspecified atom stereocenters. The second kappa shape index (κ2) is 5.96. The minimum Gasteiger partial charge on any atom is -0.310 e. The number of pyridine rings is 1. The lowest BCUT2D eigenvalue weighted by molar-refractivity contribution is 0.591. The van der Waals surface area contributed by atoms with Gasteiger partial charge < -0.3 is 5.32 Å². The molecule has 0 spiro atoms. The van der Waals surface area contributed by atoms with Gasteiger partial charge in [-0.15, -0.1) is 0 Å². The predicted molar refractivity (Wildman–Crippen MR) is 65.0 cm³/mol. The van der Waals surface area contributed by atoms with Gasteiger partial charge in [-0.25, -0.2) is 8.42 Å². The van der Waals surface area contributed by atoms with Crippen molar-refractivity contribution < 1.29 is 8.42 Å². The predicted octanol–water partition coefficient (Wildman–Crippen LogP) is 0.914. The zero-order chi connectivity index (χ0) is 12.0. The van der Waals surface area contributed by atoms with Gasteiger partial charge in [0.1, 0.15) is 0 Å². The van der Waals surface area contributed by atoms with Crippen molar-refractivity contribution in [2.75, 3.05) is 18.1 Å². The van der Waals surface area contributed by atoms with E-state index in [0.717, 1.165) is 11.3 Å². The number of rotatable bonds is 6. The fourth-order valence-corrected chi connectivity index (χ4v) is 2.03. The number of nitrogens with zero attached hydrogens (tertiary/aromatic N) is 1. The van der Waals surface area contributed by atoms with Crippen LogP contribution in [0.3, 0.4) is 0 Å². The van der Waals surface area contributed by atoms with Crippen molar-refractivity contribution in [2.45, 2.75) is 20.4 Å². The molecule has 0 aliphatic rings. The van der Waals surface area contributed by atoms with Crippen LogP contribution in [0.5, 0.6) is 0 Å². The van der Waals surface area contributed by atoms with Crippen molar-refractivity contribution in [1.82, 2.24) is 10.3 Å². The van der Waals surface area contributed by atoms with E-state index in [1.807, 2.05) is 19.1 Å². The Morgan fingerprint density at radius 3 is 2.81 bits per heavy atom. The minimum atomic E-state index is -2.87. The van der Waals surface area contributed by atoms with E-state index in [1.165, 1.54) is 0 Å². The molecule has 0 aliphatic heterocycles. The average molecular weight is 242 g/mol. The van der Waals surface area contributed by atoms with E-state index >= 15 is 0 Å². The molecular weight excluding hydrogens is 224 g/mol. The van der Waals surface area contributed by atoms with E-state index < -0.39 is 9.84 Å². The molecular formula is C11H18N2O2S. The lowest BCUT2D eigenvalue weighted by Crippen LogP contribution is -2.24. The smallest absolute Gasteiger partial charge is 0.151 e. The fraction of sp³-hybridized carbons (Fsp3) is 0.545. The van der Waals surface area contributed by atoms with Crippen molar-refractivity contribution >= 4 is 9.84 Å². The SMILES string of the molecule is CCS(=O)(=O)CCNCc1ncccc1C. The van der Waals surface area contributed by atoms with Crippen LogP contribution in [-0.2, 0) is 16.4 Å². The first-order valence-corrected chi connectivity index (χ1v) is 7.19. The summed E-state index contributed by atoms with van der Waals surface area (Å²) in [5, 5.41) is 3.09. The first-order chi connectivity index (χ1) is 7.55. The third-order valence-electron chi connectivity index (χ3n) is 2.44. The second-order valence-electron chi connectivity index (χ2n) is 3.68. The molecule has 1 N–H and O–H groups in total. The Morgan fingerprint density at radius 1 is 1.44 bits per heavy atom. The molecule has 0 saturated heterocycles. The van der Waals surface area contributed by atoms with Gasteiger partial charge in [0.2, 0.25) is 0 Å². The zero-order valence-electron chi connectivity index (χ0n) is 9.73. The quantitative estimate of drug-likeness (QED) is 0.753. The monoisotopic (exact) mass is 242 g/mol. The number of hydrogen-bond acceptors (Lipinski definition) is 4. The van der Waals surface area contributed by atoms with Crippen LogP contribution in [0.25, 0.3) is 0 Å². The maximum atomic E-state index is 11.2. The maximum absolute atomic E-state index is 11.2. The van der Waals surface area contributed by atoms with Gasteiger partial charge in [-0.3, -0.25) is 4.98 Å². The van der Waals surface area contributed by atoms with Crippen LogP contribution < -0.4 is 5.32 Å². The van der Waals surface area contributed by atoms with Crippen molar-refractivity contribution in [2.24, 2.45) is 0 Å². The molecule has 90 valence electrons. The van der Waals surface area contributed by atoms with Crippen molar-refractivity contribution in [3.8, 4) is 0 Å². The molecule has 1 heterocycles. The van der Waals surface area contributed by atoms with E-state index in [9.17, 15) is 8.42 Å². The molecule has 16 heavy (non-hydrogen) atoms. The molecule has 0 atom stereocenters. The molecule has 0 bridgehead atoms. The molecule has 1 aromatic heterocycles. The standard InChI is InChI=1S/C11H18N2O2S/c1-3-16(14,15)8-7-12-9-11-10(2)5-4-6-13-11/h4-6,12H,3,7-9H2,1-2H3. The lowest BCUT2D eigenvalue weighted by Gasteiger charge is -2.06. The van der Waals surface area contributed by atoms with Gasteiger partial charge in [0.15, 0.2) is 9.84 Å². The fourth-order valence-electron chi connectivity index (χ4n) is 1.28. The Labute approximate surface area is 97.0 Å². The van der Waals surface area contributed by atoms with Crippen LogP contribution >= 0.6 is 0 Å². The number of aromatic nitrogens is 1. The molecule has 1 rings (SSSR count). The number of sulfone groups is 1. The lowest BCUT2D eigenvalue weighted by atomic mass is 10.2. The van der Waals surface area contributed by atoms with Gasteiger partial charge >= 0.3 is 0 Å². The molecule has 0 radical (unpaired) electrons. The van der Waals surface area contributed by atoms with Gasteiger partial charge in [-0.1, -0.05) is 13.0 Å². The van der Waals surface area contributed by atoms with E-state index in [-0.39, 0.29) is 11.5 Å². The summed E-state index contributed by atoms with van der Waals surface area (Å²) >= 11 is 0. The van der Waals surface area contributed by atoms with E-state index in [4.69, 9.17) is 0 Å². The number of nitrogens with one attached hydrogen (secondary N) is 1. The summed E-state index contributed by atoms with van der Waals surface area (Å²) < 4.78 is 22.4. The van der Waals surface area contributed by atoms with Crippen LogP contribution in [-0.4, -0.2) is 31.5 Å². The topological polar surface area (TPSA) is 59.1 Å². The van der Waals surface area contributed by atoms with Crippen molar-refractivity contribution in [1.29, 1.82) is 0 Å². The second-order valence-corrected chi connectivity index (χ2v) is 6.15. The summed E-state index contributed by atoms with van der Waals surface area (Å²) in [6.07, 6.45) is 1.74. The number of aryl methyl sites for hydroxylation is 1. The summed E-state index contributed by atoms with van der Waals surface area (Å²) in [4.78, 5) is 4.22. The molecule has 0 saturated carbocycles. The molecule has 4 nitrogen and oxygen atoms in total. The zero-order valence-corrected chi connectivity index (χ0v) is 10.5. The van der Waals surface area contributed by atoms with Crippen LogP contribution in [0.1, 0.15) is 18.2 Å². The van der Waals surface area contributed by atoms with Gasteiger partial charge in [-0.05, 0) is 18.6 Å². The largest absolute Gasteiger partial charge is 0.310 e. The van der Waals surface area contributed by atoms with Crippen LogP contribution in [0.2, 0.25) is 0 Å². The average Bonchev–Trinajstić information content (AvgIpc) is 2.27. The summed E-state index contributed by atoms with van der Waals surface area (Å²) in [5.74, 6) is 0.396. The molecule has 1 aromatic rings. The third-order valence-corrected chi connectivity index (χ3v) is 4.15. The van der Waals surface area contributed by atoms with Crippen molar-refractivity contribution in [3.05, 3.63) is 29.6 Å². The first-order valence-electron chi connectivity index (χ1n) is 5.37. The summed E-state index contributed by atoms with van der Waals surface area (Å²) in [7, 11) is -2.87. The maximum Gasteiger partial charge on any atom is 0.151 e. The summed E-state index contributed by atoms with van der Waals surface area (Å²) in [5.41, 5.74) is 2.09. The molecule has 0 aliphatic carbocycles. The van der Waals surface area contributed by atoms with E-state index in [1.54, 1.807) is 13.1 Å². The van der Waals surface area contributed by atoms with E-state index in [2.05, 4.69) is 10.3 Å². The molecule has 5 heteroatoms. The van der Waals surface area contributed by atoms with Crippen LogP contribution in [0, 0.1) is 6.92 Å². The molecule has 0 amide bonds. The Morgan fingerprint density at radius 2 is 2.19 bits per heavy atom. The Hall–Kier alpha value is -0.940. The highest BCUT2D eigenvalue weighted by Crippen LogP contribution is 2.01. The van der Waals surface area contributed by atoms with Crippen LogP contribution in [0.15, 0.2) is 18.3 Å². The highest BCUT2D eigenvalue weighted by Gasteiger charge is 2.06. The number of hydrogen-bond donors (Lipinski definition) is 1. The Balaban J connectivity index is 2.35. The highest BCUT2D eigenvalue weighted by molar-refractivity contribution is 7.91. The summed E-state index contributed by atoms with van der Waals surface area (Å²) in [6.45, 7) is 4.75. The van der Waals surface area contributed by atoms with Crippen LogP contribution in [0.4, 0.5) is 0 Å². The minimum absolute atomic E-state index is 0.190. The third kappa shape index (κ3) is 4.28. The van der Waals surface area contributed by atoms with Gasteiger partial charge in [0, 0.05) is 25.0 Å².